The third kappa shape index (κ3) is 1.98. The average Bonchev–Trinajstić information content (AvgIpc) is 2.31. The second-order valence-electron chi connectivity index (χ2n) is 1.76. The van der Waals surface area contributed by atoms with Gasteiger partial charge in [-0.25, -0.2) is 4.79 Å². The smallest absolute Gasteiger partial charge is 0.345 e. The highest BCUT2D eigenvalue weighted by atomic mass is 79.9. The summed E-state index contributed by atoms with van der Waals surface area (Å²) in [5, 5.41) is 8.60. The van der Waals surface area contributed by atoms with Gasteiger partial charge in [0.1, 0.15) is 4.88 Å². The molecule has 0 aliphatic rings. The Morgan fingerprint density at radius 2 is 2.45 bits per heavy atom. The number of carboxylic acids is 1. The van der Waals surface area contributed by atoms with Crippen LogP contribution < -0.4 is 0 Å². The van der Waals surface area contributed by atoms with E-state index in [0.29, 0.717) is 4.88 Å². The highest BCUT2D eigenvalue weighted by Crippen LogP contribution is 2.34. The molecule has 1 aromatic heterocycles. The maximum atomic E-state index is 10.5. The van der Waals surface area contributed by atoms with Gasteiger partial charge in [0.2, 0.25) is 0 Å². The summed E-state index contributed by atoms with van der Waals surface area (Å²) in [6.07, 6.45) is 1.92. The molecule has 11 heavy (non-hydrogen) atoms. The van der Waals surface area contributed by atoms with E-state index in [0.717, 1.165) is 8.68 Å². The quantitative estimate of drug-likeness (QED) is 0.823. The molecular weight excluding hydrogens is 248 g/mol. The van der Waals surface area contributed by atoms with Crippen LogP contribution >= 0.6 is 39.0 Å². The van der Waals surface area contributed by atoms with Crippen LogP contribution in [-0.2, 0) is 0 Å². The number of rotatable bonds is 2. The first-order valence-electron chi connectivity index (χ1n) is 2.71. The number of thioether (sulfide) groups is 1. The molecule has 0 unspecified atom stereocenters. The van der Waals surface area contributed by atoms with Crippen molar-refractivity contribution >= 4 is 45.0 Å². The molecule has 0 radical (unpaired) electrons. The van der Waals surface area contributed by atoms with Crippen molar-refractivity contribution in [2.24, 2.45) is 0 Å². The molecule has 0 saturated heterocycles. The number of carboxylic acid groups (broad SMARTS) is 1. The number of hydrogen-bond donors (Lipinski definition) is 1. The summed E-state index contributed by atoms with van der Waals surface area (Å²) in [4.78, 5) is 10.8. The van der Waals surface area contributed by atoms with Gasteiger partial charge in [-0.05, 0) is 28.3 Å². The molecule has 1 aromatic rings. The van der Waals surface area contributed by atoms with E-state index in [9.17, 15) is 4.79 Å². The molecule has 0 bridgehead atoms. The molecule has 0 fully saturated rings. The minimum atomic E-state index is -0.865. The Morgan fingerprint density at radius 3 is 2.73 bits per heavy atom. The fourth-order valence-corrected chi connectivity index (χ4v) is 3.18. The van der Waals surface area contributed by atoms with Gasteiger partial charge in [-0.1, -0.05) is 0 Å². The molecule has 2 nitrogen and oxygen atoms in total. The van der Waals surface area contributed by atoms with E-state index in [1.54, 1.807) is 17.8 Å². The van der Waals surface area contributed by atoms with E-state index >= 15 is 0 Å². The molecule has 0 aromatic carbocycles. The molecule has 60 valence electrons. The average molecular weight is 253 g/mol. The van der Waals surface area contributed by atoms with E-state index in [-0.39, 0.29) is 0 Å². The fourth-order valence-electron chi connectivity index (χ4n) is 0.597. The van der Waals surface area contributed by atoms with Crippen molar-refractivity contribution in [3.63, 3.8) is 0 Å². The molecule has 1 rings (SSSR count). The Labute approximate surface area is 80.7 Å². The Balaban J connectivity index is 3.05. The van der Waals surface area contributed by atoms with Gasteiger partial charge in [-0.15, -0.1) is 23.1 Å². The molecule has 0 spiro atoms. The first-order chi connectivity index (χ1) is 5.15. The van der Waals surface area contributed by atoms with Gasteiger partial charge in [0, 0.05) is 4.47 Å². The van der Waals surface area contributed by atoms with E-state index in [4.69, 9.17) is 5.11 Å². The lowest BCUT2D eigenvalue weighted by molar-refractivity contribution is 0.0702. The van der Waals surface area contributed by atoms with Gasteiger partial charge < -0.3 is 5.11 Å². The predicted molar refractivity (Wildman–Crippen MR) is 50.8 cm³/mol. The lowest BCUT2D eigenvalue weighted by Gasteiger charge is -1.85. The molecule has 5 heteroatoms. The van der Waals surface area contributed by atoms with Crippen molar-refractivity contribution in [3.8, 4) is 0 Å². The van der Waals surface area contributed by atoms with E-state index in [2.05, 4.69) is 15.9 Å². The summed E-state index contributed by atoms with van der Waals surface area (Å²) >= 11 is 6.10. The first-order valence-corrected chi connectivity index (χ1v) is 5.55. The summed E-state index contributed by atoms with van der Waals surface area (Å²) in [7, 11) is 0. The highest BCUT2D eigenvalue weighted by Gasteiger charge is 2.10. The van der Waals surface area contributed by atoms with Gasteiger partial charge in [0.05, 0.1) is 4.21 Å². The van der Waals surface area contributed by atoms with E-state index < -0.39 is 5.97 Å². The van der Waals surface area contributed by atoms with Crippen molar-refractivity contribution in [2.75, 3.05) is 6.26 Å². The first kappa shape index (κ1) is 9.09. The number of hydrogen-bond acceptors (Lipinski definition) is 3. The monoisotopic (exact) mass is 252 g/mol. The normalized spacial score (nSPS) is 10.0. The molecule has 0 aliphatic carbocycles. The fraction of sp³-hybridized carbons (Fsp3) is 0.167. The minimum absolute atomic E-state index is 0.376. The lowest BCUT2D eigenvalue weighted by atomic mass is 10.5. The second-order valence-corrected chi connectivity index (χ2v) is 4.74. The molecule has 1 heterocycles. The zero-order valence-electron chi connectivity index (χ0n) is 5.63. The molecule has 1 N–H and O–H groups in total. The van der Waals surface area contributed by atoms with Crippen molar-refractivity contribution in [2.45, 2.75) is 4.21 Å². The summed E-state index contributed by atoms with van der Waals surface area (Å²) in [5.41, 5.74) is 0. The number of carbonyl (C=O) groups is 1. The Hall–Kier alpha value is -0.000000000000000111. The Morgan fingerprint density at radius 1 is 1.82 bits per heavy atom. The third-order valence-corrected chi connectivity index (χ3v) is 4.46. The van der Waals surface area contributed by atoms with Gasteiger partial charge in [0.15, 0.2) is 0 Å². The van der Waals surface area contributed by atoms with Crippen LogP contribution in [0.25, 0.3) is 0 Å². The summed E-state index contributed by atoms with van der Waals surface area (Å²) in [6, 6.07) is 1.62. The number of thiophene rings is 1. The molecule has 0 aliphatic heterocycles. The lowest BCUT2D eigenvalue weighted by Crippen LogP contribution is -1.89. The highest BCUT2D eigenvalue weighted by molar-refractivity contribution is 9.10. The van der Waals surface area contributed by atoms with E-state index in [1.807, 2.05) is 6.26 Å². The maximum absolute atomic E-state index is 10.5. The van der Waals surface area contributed by atoms with Crippen LogP contribution in [0.15, 0.2) is 14.7 Å². The van der Waals surface area contributed by atoms with Crippen LogP contribution in [-0.4, -0.2) is 17.3 Å². The second kappa shape index (κ2) is 3.60. The van der Waals surface area contributed by atoms with Crippen molar-refractivity contribution in [1.82, 2.24) is 0 Å². The summed E-state index contributed by atoms with van der Waals surface area (Å²) in [5.74, 6) is -0.865. The van der Waals surface area contributed by atoms with Gasteiger partial charge in [-0.3, -0.25) is 0 Å². The summed E-state index contributed by atoms with van der Waals surface area (Å²) < 4.78 is 1.87. The predicted octanol–water partition coefficient (Wildman–Crippen LogP) is 2.93. The standard InChI is InChI=1S/C6H5BrO2S2/c1-10-6-3(7)2-4(11-6)5(8)9/h2H,1H3,(H,8,9). The maximum Gasteiger partial charge on any atom is 0.345 e. The van der Waals surface area contributed by atoms with Crippen molar-refractivity contribution in [3.05, 3.63) is 15.4 Å². The van der Waals surface area contributed by atoms with Crippen LogP contribution in [0.2, 0.25) is 0 Å². The van der Waals surface area contributed by atoms with Crippen LogP contribution in [0, 0.1) is 0 Å². The van der Waals surface area contributed by atoms with Crippen LogP contribution in [0.5, 0.6) is 0 Å². The third-order valence-electron chi connectivity index (χ3n) is 1.05. The van der Waals surface area contributed by atoms with Crippen LogP contribution in [0.1, 0.15) is 9.67 Å². The van der Waals surface area contributed by atoms with Gasteiger partial charge in [-0.2, -0.15) is 0 Å². The Bertz CT molecular complexity index is 282. The van der Waals surface area contributed by atoms with Gasteiger partial charge in [0.25, 0.3) is 0 Å². The molecule has 0 atom stereocenters. The topological polar surface area (TPSA) is 37.3 Å². The number of aromatic carboxylic acids is 1. The largest absolute Gasteiger partial charge is 0.477 e. The zero-order chi connectivity index (χ0) is 8.43. The number of halogens is 1. The summed E-state index contributed by atoms with van der Waals surface area (Å²) in [6.45, 7) is 0. The van der Waals surface area contributed by atoms with Crippen LogP contribution in [0.4, 0.5) is 0 Å². The van der Waals surface area contributed by atoms with E-state index in [1.165, 1.54) is 11.3 Å². The minimum Gasteiger partial charge on any atom is -0.477 e. The molecule has 0 amide bonds. The van der Waals surface area contributed by atoms with Gasteiger partial charge >= 0.3 is 5.97 Å². The molecule has 0 saturated carbocycles. The SMILES string of the molecule is CSc1sc(C(=O)O)cc1Br. The van der Waals surface area contributed by atoms with Crippen molar-refractivity contribution < 1.29 is 9.90 Å². The Kier molecular flexibility index (Phi) is 2.98. The molecular formula is C6H5BrO2S2. The zero-order valence-corrected chi connectivity index (χ0v) is 8.85. The van der Waals surface area contributed by atoms with Crippen LogP contribution in [0.3, 0.4) is 0 Å². The van der Waals surface area contributed by atoms with Crippen molar-refractivity contribution in [1.29, 1.82) is 0 Å².